The Morgan fingerprint density at radius 1 is 1.12 bits per heavy atom. The van der Waals surface area contributed by atoms with Crippen LogP contribution in [0.1, 0.15) is 26.7 Å². The quantitative estimate of drug-likeness (QED) is 0.557. The standard InChI is InChI=1S/C10H18N2O5/c1-10(2,11)4-3-7(13)12(5-8(14)15)6-9(16)17/h3-6,11H2,1-2H3,(H,14,15)(H,16,17). The van der Waals surface area contributed by atoms with Crippen LogP contribution in [0.4, 0.5) is 0 Å². The number of nitrogens with zero attached hydrogens (tertiary/aromatic N) is 1. The second-order valence-corrected chi connectivity index (χ2v) is 4.53. The van der Waals surface area contributed by atoms with E-state index in [0.717, 1.165) is 4.90 Å². The molecule has 17 heavy (non-hydrogen) atoms. The second kappa shape index (κ2) is 6.19. The van der Waals surface area contributed by atoms with Crippen LogP contribution < -0.4 is 5.73 Å². The fourth-order valence-electron chi connectivity index (χ4n) is 1.15. The Morgan fingerprint density at radius 3 is 1.82 bits per heavy atom. The molecule has 0 aliphatic heterocycles. The van der Waals surface area contributed by atoms with E-state index in [1.54, 1.807) is 13.8 Å². The van der Waals surface area contributed by atoms with Gasteiger partial charge in [0.1, 0.15) is 13.1 Å². The fraction of sp³-hybridized carbons (Fsp3) is 0.700. The van der Waals surface area contributed by atoms with Crippen LogP contribution in [0.25, 0.3) is 0 Å². The van der Waals surface area contributed by atoms with E-state index in [4.69, 9.17) is 15.9 Å². The van der Waals surface area contributed by atoms with Gasteiger partial charge < -0.3 is 20.8 Å². The molecule has 0 aromatic heterocycles. The molecule has 0 saturated carbocycles. The third kappa shape index (κ3) is 8.21. The first kappa shape index (κ1) is 15.4. The summed E-state index contributed by atoms with van der Waals surface area (Å²) in [5.74, 6) is -3.01. The average molecular weight is 246 g/mol. The molecule has 0 heterocycles. The van der Waals surface area contributed by atoms with E-state index >= 15 is 0 Å². The van der Waals surface area contributed by atoms with E-state index in [0.29, 0.717) is 6.42 Å². The first-order chi connectivity index (χ1) is 7.61. The van der Waals surface area contributed by atoms with E-state index in [9.17, 15) is 14.4 Å². The summed E-state index contributed by atoms with van der Waals surface area (Å²) in [6.45, 7) is 2.24. The minimum absolute atomic E-state index is 0.0318. The Morgan fingerprint density at radius 2 is 1.53 bits per heavy atom. The van der Waals surface area contributed by atoms with Gasteiger partial charge in [0.25, 0.3) is 0 Å². The predicted molar refractivity (Wildman–Crippen MR) is 59.4 cm³/mol. The van der Waals surface area contributed by atoms with Crippen molar-refractivity contribution in [1.29, 1.82) is 0 Å². The maximum Gasteiger partial charge on any atom is 0.323 e. The number of nitrogens with two attached hydrogens (primary N) is 1. The molecule has 0 fully saturated rings. The summed E-state index contributed by atoms with van der Waals surface area (Å²) in [4.78, 5) is 33.4. The molecule has 0 spiro atoms. The molecule has 0 saturated heterocycles. The largest absolute Gasteiger partial charge is 0.480 e. The van der Waals surface area contributed by atoms with E-state index in [1.807, 2.05) is 0 Å². The zero-order valence-corrected chi connectivity index (χ0v) is 9.97. The zero-order chi connectivity index (χ0) is 13.6. The molecule has 0 aliphatic rings. The van der Waals surface area contributed by atoms with Gasteiger partial charge in [-0.2, -0.15) is 0 Å². The van der Waals surface area contributed by atoms with E-state index in [-0.39, 0.29) is 6.42 Å². The van der Waals surface area contributed by atoms with E-state index in [1.165, 1.54) is 0 Å². The SMILES string of the molecule is CC(C)(N)CCC(=O)N(CC(=O)O)CC(=O)O. The Bertz CT molecular complexity index is 292. The minimum Gasteiger partial charge on any atom is -0.480 e. The van der Waals surface area contributed by atoms with Crippen molar-refractivity contribution in [3.8, 4) is 0 Å². The van der Waals surface area contributed by atoms with Gasteiger partial charge in [-0.05, 0) is 20.3 Å². The minimum atomic E-state index is -1.24. The van der Waals surface area contributed by atoms with Gasteiger partial charge in [0.15, 0.2) is 0 Å². The smallest absolute Gasteiger partial charge is 0.323 e. The molecule has 7 heteroatoms. The maximum atomic E-state index is 11.6. The summed E-state index contributed by atoms with van der Waals surface area (Å²) in [5, 5.41) is 17.1. The first-order valence-corrected chi connectivity index (χ1v) is 5.12. The van der Waals surface area contributed by atoms with Crippen LogP contribution in [0.15, 0.2) is 0 Å². The summed E-state index contributed by atoms with van der Waals surface area (Å²) in [6, 6.07) is 0. The molecule has 7 nitrogen and oxygen atoms in total. The molecule has 0 aromatic carbocycles. The van der Waals surface area contributed by atoms with Crippen molar-refractivity contribution in [2.24, 2.45) is 5.73 Å². The summed E-state index contributed by atoms with van der Waals surface area (Å²) in [5.41, 5.74) is 5.14. The van der Waals surface area contributed by atoms with Crippen molar-refractivity contribution in [3.05, 3.63) is 0 Å². The molecule has 0 rings (SSSR count). The Kier molecular flexibility index (Phi) is 5.60. The lowest BCUT2D eigenvalue weighted by Crippen LogP contribution is -2.41. The molecule has 1 amide bonds. The number of carbonyl (C=O) groups excluding carboxylic acids is 1. The predicted octanol–water partition coefficient (Wildman–Crippen LogP) is -0.498. The van der Waals surface area contributed by atoms with Crippen LogP contribution in [0.5, 0.6) is 0 Å². The third-order valence-corrected chi connectivity index (χ3v) is 1.99. The van der Waals surface area contributed by atoms with E-state index < -0.39 is 36.5 Å². The molecular formula is C10H18N2O5. The van der Waals surface area contributed by atoms with Crippen LogP contribution in [-0.2, 0) is 14.4 Å². The summed E-state index contributed by atoms with van der Waals surface area (Å²) in [7, 11) is 0. The summed E-state index contributed by atoms with van der Waals surface area (Å²) in [6.07, 6.45) is 0.394. The van der Waals surface area contributed by atoms with Crippen LogP contribution >= 0.6 is 0 Å². The number of hydrogen-bond acceptors (Lipinski definition) is 4. The molecule has 0 aromatic rings. The molecule has 0 radical (unpaired) electrons. The van der Waals surface area contributed by atoms with Crippen molar-refractivity contribution >= 4 is 17.8 Å². The first-order valence-electron chi connectivity index (χ1n) is 5.12. The lowest BCUT2D eigenvalue weighted by molar-refractivity contribution is -0.149. The maximum absolute atomic E-state index is 11.6. The molecule has 0 unspecified atom stereocenters. The number of carboxylic acid groups (broad SMARTS) is 2. The van der Waals surface area contributed by atoms with Crippen LogP contribution in [0, 0.1) is 0 Å². The molecule has 0 bridgehead atoms. The average Bonchev–Trinajstić information content (AvgIpc) is 2.10. The number of carboxylic acids is 2. The monoisotopic (exact) mass is 246 g/mol. The van der Waals surface area contributed by atoms with Gasteiger partial charge in [-0.25, -0.2) is 0 Å². The lowest BCUT2D eigenvalue weighted by Gasteiger charge is -2.22. The summed E-state index contributed by atoms with van der Waals surface area (Å²) >= 11 is 0. The highest BCUT2D eigenvalue weighted by atomic mass is 16.4. The van der Waals surface area contributed by atoms with Crippen molar-refractivity contribution in [3.63, 3.8) is 0 Å². The molecule has 98 valence electrons. The van der Waals surface area contributed by atoms with Crippen LogP contribution in [0.2, 0.25) is 0 Å². The third-order valence-electron chi connectivity index (χ3n) is 1.99. The van der Waals surface area contributed by atoms with Gasteiger partial charge in [0.2, 0.25) is 5.91 Å². The Hall–Kier alpha value is -1.63. The number of carbonyl (C=O) groups is 3. The van der Waals surface area contributed by atoms with Gasteiger partial charge in [-0.15, -0.1) is 0 Å². The highest BCUT2D eigenvalue weighted by molar-refractivity contribution is 5.85. The number of rotatable bonds is 7. The van der Waals surface area contributed by atoms with Crippen LogP contribution in [0.3, 0.4) is 0 Å². The number of hydrogen-bond donors (Lipinski definition) is 3. The Labute approximate surface area is 99.2 Å². The molecule has 0 aliphatic carbocycles. The van der Waals surface area contributed by atoms with Gasteiger partial charge in [0.05, 0.1) is 0 Å². The van der Waals surface area contributed by atoms with Crippen molar-refractivity contribution in [2.75, 3.05) is 13.1 Å². The molecule has 4 N–H and O–H groups in total. The topological polar surface area (TPSA) is 121 Å². The van der Waals surface area contributed by atoms with Crippen molar-refractivity contribution in [1.82, 2.24) is 4.90 Å². The van der Waals surface area contributed by atoms with Gasteiger partial charge in [-0.3, -0.25) is 14.4 Å². The normalized spacial score (nSPS) is 11.0. The van der Waals surface area contributed by atoms with Crippen molar-refractivity contribution in [2.45, 2.75) is 32.2 Å². The van der Waals surface area contributed by atoms with Crippen molar-refractivity contribution < 1.29 is 24.6 Å². The van der Waals surface area contributed by atoms with Crippen LogP contribution in [-0.4, -0.2) is 51.6 Å². The highest BCUT2D eigenvalue weighted by Gasteiger charge is 2.21. The Balaban J connectivity index is 4.42. The fourth-order valence-corrected chi connectivity index (χ4v) is 1.15. The lowest BCUT2D eigenvalue weighted by atomic mass is 10.00. The number of aliphatic carboxylic acids is 2. The van der Waals surface area contributed by atoms with E-state index in [2.05, 4.69) is 0 Å². The van der Waals surface area contributed by atoms with Gasteiger partial charge in [-0.1, -0.05) is 0 Å². The molecular weight excluding hydrogens is 228 g/mol. The summed E-state index contributed by atoms with van der Waals surface area (Å²) < 4.78 is 0. The second-order valence-electron chi connectivity index (χ2n) is 4.53. The van der Waals surface area contributed by atoms with Gasteiger partial charge >= 0.3 is 11.9 Å². The zero-order valence-electron chi connectivity index (χ0n) is 9.97. The van der Waals surface area contributed by atoms with Gasteiger partial charge in [0, 0.05) is 12.0 Å². The number of amides is 1. The molecule has 0 atom stereocenters. The highest BCUT2D eigenvalue weighted by Crippen LogP contribution is 2.09.